The Bertz CT molecular complexity index is 364. The third kappa shape index (κ3) is 3.48. The molecule has 0 aliphatic rings. The van der Waals surface area contributed by atoms with Crippen LogP contribution in [0.15, 0.2) is 0 Å². The van der Waals surface area contributed by atoms with Crippen LogP contribution in [0.5, 0.6) is 0 Å². The maximum absolute atomic E-state index is 11.3. The van der Waals surface area contributed by atoms with Crippen LogP contribution in [0.25, 0.3) is 0 Å². The van der Waals surface area contributed by atoms with Gasteiger partial charge < -0.3 is 4.90 Å². The van der Waals surface area contributed by atoms with Gasteiger partial charge in [-0.05, 0) is 6.92 Å². The van der Waals surface area contributed by atoms with Crippen molar-refractivity contribution in [3.63, 3.8) is 0 Å². The first-order valence-electron chi connectivity index (χ1n) is 4.05. The van der Waals surface area contributed by atoms with Crippen LogP contribution < -0.4 is 0 Å². The molecule has 0 bridgehead atoms. The van der Waals surface area contributed by atoms with Crippen molar-refractivity contribution in [2.24, 2.45) is 0 Å². The minimum absolute atomic E-state index is 0.364. The zero-order chi connectivity index (χ0) is 12.4. The molecule has 0 rings (SSSR count). The third-order valence-corrected chi connectivity index (χ3v) is 2.75. The number of nitrogens with zero attached hydrogens (tertiary/aromatic N) is 2. The van der Waals surface area contributed by atoms with Gasteiger partial charge in [-0.1, -0.05) is 0 Å². The van der Waals surface area contributed by atoms with E-state index in [0.717, 1.165) is 4.90 Å². The Morgan fingerprint density at radius 1 is 1.33 bits per heavy atom. The molecular weight excluding hydrogens is 224 g/mol. The average Bonchev–Trinajstić information content (AvgIpc) is 2.11. The van der Waals surface area contributed by atoms with Gasteiger partial charge in [0.1, 0.15) is 6.04 Å². The maximum atomic E-state index is 11.3. The molecule has 0 fully saturated rings. The van der Waals surface area contributed by atoms with Gasteiger partial charge in [-0.15, -0.1) is 4.47 Å². The summed E-state index contributed by atoms with van der Waals surface area (Å²) in [4.78, 5) is 23.2. The molecule has 0 radical (unpaired) electrons. The molecule has 15 heavy (non-hydrogen) atoms. The second kappa shape index (κ2) is 4.58. The van der Waals surface area contributed by atoms with E-state index in [4.69, 9.17) is 5.21 Å². The van der Waals surface area contributed by atoms with Gasteiger partial charge in [-0.2, -0.15) is 0 Å². The van der Waals surface area contributed by atoms with Crippen LogP contribution >= 0.6 is 0 Å². The van der Waals surface area contributed by atoms with Gasteiger partial charge in [-0.25, -0.2) is 8.42 Å². The molecule has 88 valence electrons. The predicted molar refractivity (Wildman–Crippen MR) is 51.4 cm³/mol. The largest absolute Gasteiger partial charge is 0.334 e. The number of hydroxylamine groups is 1. The van der Waals surface area contributed by atoms with E-state index >= 15 is 0 Å². The summed E-state index contributed by atoms with van der Waals surface area (Å²) in [5.41, 5.74) is 0. The number of likely N-dealkylation sites (N-methyl/N-ethyl adjacent to an activating group) is 1. The van der Waals surface area contributed by atoms with E-state index < -0.39 is 27.9 Å². The zero-order valence-corrected chi connectivity index (χ0v) is 9.78. The average molecular weight is 238 g/mol. The standard InChI is InChI=1S/C7H14N2O5S/c1-5(8(3)6(2)10)7(11)9(12)15(4,13)14/h5,12H,1-4H3. The quantitative estimate of drug-likeness (QED) is 0.504. The summed E-state index contributed by atoms with van der Waals surface area (Å²) in [6.07, 6.45) is 0.686. The van der Waals surface area contributed by atoms with Gasteiger partial charge in [0, 0.05) is 14.0 Å². The number of amides is 2. The summed E-state index contributed by atoms with van der Waals surface area (Å²) < 4.78 is 21.3. The van der Waals surface area contributed by atoms with Crippen LogP contribution in [0.2, 0.25) is 0 Å². The lowest BCUT2D eigenvalue weighted by Crippen LogP contribution is -2.47. The van der Waals surface area contributed by atoms with Crippen LogP contribution in [0, 0.1) is 0 Å². The minimum Gasteiger partial charge on any atom is -0.334 e. The van der Waals surface area contributed by atoms with E-state index in [1.165, 1.54) is 20.9 Å². The van der Waals surface area contributed by atoms with Crippen molar-refractivity contribution >= 4 is 21.8 Å². The van der Waals surface area contributed by atoms with Crippen LogP contribution in [-0.4, -0.2) is 54.2 Å². The fourth-order valence-electron chi connectivity index (χ4n) is 0.762. The maximum Gasteiger partial charge on any atom is 0.282 e. The molecule has 8 heteroatoms. The summed E-state index contributed by atoms with van der Waals surface area (Å²) in [5, 5.41) is 9.01. The fourth-order valence-corrected chi connectivity index (χ4v) is 1.24. The molecule has 0 saturated carbocycles. The van der Waals surface area contributed by atoms with E-state index in [-0.39, 0.29) is 4.47 Å². The SMILES string of the molecule is CC(=O)N(C)C(C)C(=O)N(O)S(C)(=O)=O. The van der Waals surface area contributed by atoms with Gasteiger partial charge in [-0.3, -0.25) is 14.8 Å². The molecule has 1 unspecified atom stereocenters. The predicted octanol–water partition coefficient (Wildman–Crippen LogP) is -0.969. The van der Waals surface area contributed by atoms with E-state index in [2.05, 4.69) is 0 Å². The number of rotatable bonds is 3. The van der Waals surface area contributed by atoms with Gasteiger partial charge >= 0.3 is 0 Å². The molecule has 0 aromatic carbocycles. The number of hydrogen-bond acceptors (Lipinski definition) is 5. The summed E-state index contributed by atoms with van der Waals surface area (Å²) >= 11 is 0. The van der Waals surface area contributed by atoms with Crippen LogP contribution in [0.3, 0.4) is 0 Å². The number of hydrogen-bond donors (Lipinski definition) is 1. The molecule has 0 saturated heterocycles. The molecule has 0 aliphatic heterocycles. The molecule has 0 heterocycles. The van der Waals surface area contributed by atoms with Crippen LogP contribution in [0.4, 0.5) is 0 Å². The van der Waals surface area contributed by atoms with Crippen molar-refractivity contribution < 1.29 is 23.2 Å². The van der Waals surface area contributed by atoms with Crippen molar-refractivity contribution in [2.45, 2.75) is 19.9 Å². The molecule has 0 aliphatic carbocycles. The molecule has 7 nitrogen and oxygen atoms in total. The van der Waals surface area contributed by atoms with Crippen LogP contribution in [-0.2, 0) is 19.6 Å². The Morgan fingerprint density at radius 2 is 1.73 bits per heavy atom. The van der Waals surface area contributed by atoms with Crippen molar-refractivity contribution in [2.75, 3.05) is 13.3 Å². The van der Waals surface area contributed by atoms with Crippen molar-refractivity contribution in [3.05, 3.63) is 0 Å². The van der Waals surface area contributed by atoms with Gasteiger partial charge in [0.25, 0.3) is 15.9 Å². The summed E-state index contributed by atoms with van der Waals surface area (Å²) in [7, 11) is -2.67. The first kappa shape index (κ1) is 13.8. The highest BCUT2D eigenvalue weighted by atomic mass is 32.2. The smallest absolute Gasteiger partial charge is 0.282 e. The molecule has 0 spiro atoms. The number of carbonyl (C=O) groups excluding carboxylic acids is 2. The van der Waals surface area contributed by atoms with Gasteiger partial charge in [0.2, 0.25) is 5.91 Å². The lowest BCUT2D eigenvalue weighted by atomic mass is 10.3. The highest BCUT2D eigenvalue weighted by Crippen LogP contribution is 2.03. The van der Waals surface area contributed by atoms with Gasteiger partial charge in [0.05, 0.1) is 6.26 Å². The number of sulfonamides is 1. The molecule has 1 atom stereocenters. The van der Waals surface area contributed by atoms with E-state index in [1.807, 2.05) is 0 Å². The topological polar surface area (TPSA) is 95.0 Å². The fraction of sp³-hybridized carbons (Fsp3) is 0.714. The normalized spacial score (nSPS) is 13.1. The molecular formula is C7H14N2O5S. The van der Waals surface area contributed by atoms with E-state index in [0.29, 0.717) is 6.26 Å². The van der Waals surface area contributed by atoms with E-state index in [9.17, 15) is 18.0 Å². The third-order valence-electron chi connectivity index (χ3n) is 1.94. The highest BCUT2D eigenvalue weighted by Gasteiger charge is 2.29. The van der Waals surface area contributed by atoms with E-state index in [1.54, 1.807) is 0 Å². The Balaban J connectivity index is 4.81. The Labute approximate surface area is 88.3 Å². The van der Waals surface area contributed by atoms with Crippen molar-refractivity contribution in [1.82, 2.24) is 9.37 Å². The molecule has 0 aromatic heterocycles. The first-order valence-corrected chi connectivity index (χ1v) is 5.90. The van der Waals surface area contributed by atoms with Crippen LogP contribution in [0.1, 0.15) is 13.8 Å². The Kier molecular flexibility index (Phi) is 4.23. The van der Waals surface area contributed by atoms with Crippen molar-refractivity contribution in [1.29, 1.82) is 0 Å². The first-order chi connectivity index (χ1) is 6.59. The molecule has 1 N–H and O–H groups in total. The zero-order valence-electron chi connectivity index (χ0n) is 8.96. The van der Waals surface area contributed by atoms with Gasteiger partial charge in [0.15, 0.2) is 0 Å². The second-order valence-corrected chi connectivity index (χ2v) is 4.96. The monoisotopic (exact) mass is 238 g/mol. The second-order valence-electron chi connectivity index (χ2n) is 3.15. The molecule has 0 aromatic rings. The Hall–Kier alpha value is -1.15. The lowest BCUT2D eigenvalue weighted by molar-refractivity contribution is -0.154. The minimum atomic E-state index is -4.00. The van der Waals surface area contributed by atoms with Crippen molar-refractivity contribution in [3.8, 4) is 0 Å². The Morgan fingerprint density at radius 3 is 2.00 bits per heavy atom. The number of carbonyl (C=O) groups is 2. The lowest BCUT2D eigenvalue weighted by Gasteiger charge is -2.24. The highest BCUT2D eigenvalue weighted by molar-refractivity contribution is 7.88. The summed E-state index contributed by atoms with van der Waals surface area (Å²) in [6.45, 7) is 2.55. The summed E-state index contributed by atoms with van der Waals surface area (Å²) in [5.74, 6) is -1.48. The summed E-state index contributed by atoms with van der Waals surface area (Å²) in [6, 6.07) is -1.04. The molecule has 2 amide bonds.